The molecule has 1 saturated heterocycles. The summed E-state index contributed by atoms with van der Waals surface area (Å²) < 4.78 is 5.02. The van der Waals surface area contributed by atoms with Gasteiger partial charge in [-0.1, -0.05) is 30.7 Å². The smallest absolute Gasteiger partial charge is 0.335 e. The monoisotopic (exact) mass is 400 g/mol. The highest BCUT2D eigenvalue weighted by Gasteiger charge is 2.37. The molecule has 0 aromatic heterocycles. The van der Waals surface area contributed by atoms with Crippen LogP contribution in [0.15, 0.2) is 42.0 Å². The van der Waals surface area contributed by atoms with E-state index in [4.69, 9.17) is 16.3 Å². The number of hydrogen-bond acceptors (Lipinski definition) is 5. The van der Waals surface area contributed by atoms with E-state index in [2.05, 4.69) is 5.32 Å². The molecule has 28 heavy (non-hydrogen) atoms. The molecule has 4 amide bonds. The second-order valence-corrected chi connectivity index (χ2v) is 6.46. The fourth-order valence-electron chi connectivity index (χ4n) is 2.79. The van der Waals surface area contributed by atoms with Crippen LogP contribution in [0.25, 0.3) is 6.08 Å². The number of benzene rings is 2. The topological polar surface area (TPSA) is 95.9 Å². The van der Waals surface area contributed by atoms with Gasteiger partial charge in [0.1, 0.15) is 5.57 Å². The predicted molar refractivity (Wildman–Crippen MR) is 104 cm³/mol. The van der Waals surface area contributed by atoms with Crippen LogP contribution in [0.3, 0.4) is 0 Å². The molecule has 8 heteroatoms. The van der Waals surface area contributed by atoms with Gasteiger partial charge in [0.05, 0.1) is 12.8 Å². The Labute approximate surface area is 166 Å². The van der Waals surface area contributed by atoms with Crippen LogP contribution in [0.4, 0.5) is 10.5 Å². The summed E-state index contributed by atoms with van der Waals surface area (Å²) in [6.45, 7) is 1.99. The molecule has 2 N–H and O–H groups in total. The number of carbonyl (C=O) groups is 3. The third-order valence-corrected chi connectivity index (χ3v) is 4.51. The van der Waals surface area contributed by atoms with Crippen LogP contribution in [0.5, 0.6) is 11.5 Å². The first-order valence-corrected chi connectivity index (χ1v) is 8.80. The lowest BCUT2D eigenvalue weighted by molar-refractivity contribution is -0.122. The molecule has 0 saturated carbocycles. The van der Waals surface area contributed by atoms with Crippen LogP contribution >= 0.6 is 11.6 Å². The lowest BCUT2D eigenvalue weighted by Crippen LogP contribution is -2.54. The van der Waals surface area contributed by atoms with Gasteiger partial charge in [0.15, 0.2) is 11.5 Å². The number of aromatic hydroxyl groups is 1. The molecule has 0 atom stereocenters. The SMILES string of the molecule is CCc1ccc(N2C(=O)NC(=O)C(=Cc3cc(Cl)cc(OC)c3O)C2=O)cc1. The number of barbiturate groups is 1. The number of aryl methyl sites for hydroxylation is 1. The number of carbonyl (C=O) groups excluding carboxylic acids is 3. The molecule has 0 radical (unpaired) electrons. The van der Waals surface area contributed by atoms with Gasteiger partial charge in [-0.25, -0.2) is 9.69 Å². The van der Waals surface area contributed by atoms with Crippen molar-refractivity contribution in [3.8, 4) is 11.5 Å². The molecule has 3 rings (SSSR count). The maximum absolute atomic E-state index is 12.9. The summed E-state index contributed by atoms with van der Waals surface area (Å²) in [6, 6.07) is 8.78. The van der Waals surface area contributed by atoms with Crippen LogP contribution in [0.1, 0.15) is 18.1 Å². The summed E-state index contributed by atoms with van der Waals surface area (Å²) >= 11 is 6.00. The lowest BCUT2D eigenvalue weighted by Gasteiger charge is -2.26. The third kappa shape index (κ3) is 3.57. The van der Waals surface area contributed by atoms with Gasteiger partial charge in [-0.3, -0.25) is 14.9 Å². The standard InChI is InChI=1S/C20H17ClN2O5/c1-3-11-4-6-14(7-5-11)23-19(26)15(18(25)22-20(23)27)9-12-8-13(21)10-16(28-2)17(12)24/h4-10,24H,3H2,1-2H3,(H,22,25,27). The Kier molecular flexibility index (Phi) is 5.37. The van der Waals surface area contributed by atoms with E-state index in [-0.39, 0.29) is 27.7 Å². The first kappa shape index (κ1) is 19.4. The highest BCUT2D eigenvalue weighted by Crippen LogP contribution is 2.35. The number of imide groups is 2. The van der Waals surface area contributed by atoms with E-state index in [0.29, 0.717) is 5.69 Å². The molecule has 0 bridgehead atoms. The maximum atomic E-state index is 12.9. The number of phenols is 1. The van der Waals surface area contributed by atoms with E-state index < -0.39 is 17.8 Å². The number of hydrogen-bond donors (Lipinski definition) is 2. The van der Waals surface area contributed by atoms with Gasteiger partial charge in [0, 0.05) is 16.7 Å². The molecule has 2 aromatic carbocycles. The molecule has 7 nitrogen and oxygen atoms in total. The first-order valence-electron chi connectivity index (χ1n) is 8.42. The Balaban J connectivity index is 2.05. The number of amides is 4. The van der Waals surface area contributed by atoms with E-state index in [9.17, 15) is 19.5 Å². The Morgan fingerprint density at radius 2 is 1.86 bits per heavy atom. The molecule has 1 heterocycles. The molecule has 0 unspecified atom stereocenters. The van der Waals surface area contributed by atoms with Crippen molar-refractivity contribution in [3.63, 3.8) is 0 Å². The van der Waals surface area contributed by atoms with Crippen molar-refractivity contribution >= 4 is 41.2 Å². The Bertz CT molecular complexity index is 998. The van der Waals surface area contributed by atoms with Gasteiger partial charge >= 0.3 is 6.03 Å². The number of methoxy groups -OCH3 is 1. The van der Waals surface area contributed by atoms with Gasteiger partial charge in [0.25, 0.3) is 11.8 Å². The Morgan fingerprint density at radius 1 is 1.18 bits per heavy atom. The van der Waals surface area contributed by atoms with Crippen molar-refractivity contribution in [2.45, 2.75) is 13.3 Å². The summed E-state index contributed by atoms with van der Waals surface area (Å²) in [5.41, 5.74) is 1.15. The van der Waals surface area contributed by atoms with Crippen LogP contribution < -0.4 is 15.0 Å². The fourth-order valence-corrected chi connectivity index (χ4v) is 3.00. The van der Waals surface area contributed by atoms with Gasteiger partial charge in [-0.05, 0) is 36.3 Å². The number of nitrogens with zero attached hydrogens (tertiary/aromatic N) is 1. The second kappa shape index (κ2) is 7.74. The number of urea groups is 1. The number of rotatable bonds is 4. The van der Waals surface area contributed by atoms with Crippen molar-refractivity contribution in [1.82, 2.24) is 5.32 Å². The summed E-state index contributed by atoms with van der Waals surface area (Å²) in [5.74, 6) is -1.87. The summed E-state index contributed by atoms with van der Waals surface area (Å²) in [7, 11) is 1.35. The number of phenolic OH excluding ortho intramolecular Hbond substituents is 1. The Morgan fingerprint density at radius 3 is 2.46 bits per heavy atom. The van der Waals surface area contributed by atoms with Gasteiger partial charge in [0.2, 0.25) is 0 Å². The van der Waals surface area contributed by atoms with Crippen LogP contribution in [0.2, 0.25) is 5.02 Å². The van der Waals surface area contributed by atoms with E-state index >= 15 is 0 Å². The number of anilines is 1. The lowest BCUT2D eigenvalue weighted by atomic mass is 10.1. The van der Waals surface area contributed by atoms with Crippen molar-refractivity contribution in [1.29, 1.82) is 0 Å². The molecular formula is C20H17ClN2O5. The average molecular weight is 401 g/mol. The molecular weight excluding hydrogens is 384 g/mol. The quantitative estimate of drug-likeness (QED) is 0.606. The third-order valence-electron chi connectivity index (χ3n) is 4.29. The molecule has 0 aliphatic carbocycles. The van der Waals surface area contributed by atoms with Crippen LogP contribution in [0, 0.1) is 0 Å². The summed E-state index contributed by atoms with van der Waals surface area (Å²) in [5, 5.41) is 12.6. The van der Waals surface area contributed by atoms with Gasteiger partial charge < -0.3 is 9.84 Å². The van der Waals surface area contributed by atoms with Gasteiger partial charge in [-0.2, -0.15) is 0 Å². The largest absolute Gasteiger partial charge is 0.504 e. The average Bonchev–Trinajstić information content (AvgIpc) is 2.67. The Hall–Kier alpha value is -3.32. The molecule has 1 aliphatic rings. The summed E-state index contributed by atoms with van der Waals surface area (Å²) in [6.07, 6.45) is 1.97. The molecule has 1 aliphatic heterocycles. The van der Waals surface area contributed by atoms with E-state index in [1.165, 1.54) is 25.3 Å². The number of halogens is 1. The van der Waals surface area contributed by atoms with Crippen molar-refractivity contribution in [2.75, 3.05) is 12.0 Å². The summed E-state index contributed by atoms with van der Waals surface area (Å²) in [4.78, 5) is 38.3. The van der Waals surface area contributed by atoms with E-state index in [1.54, 1.807) is 24.3 Å². The molecule has 0 spiro atoms. The normalized spacial score (nSPS) is 15.8. The minimum Gasteiger partial charge on any atom is -0.504 e. The minimum atomic E-state index is -0.866. The fraction of sp³-hybridized carbons (Fsp3) is 0.150. The predicted octanol–water partition coefficient (Wildman–Crippen LogP) is 3.28. The van der Waals surface area contributed by atoms with Crippen molar-refractivity contribution in [2.24, 2.45) is 0 Å². The van der Waals surface area contributed by atoms with Gasteiger partial charge in [-0.15, -0.1) is 0 Å². The minimum absolute atomic E-state index is 0.0890. The van der Waals surface area contributed by atoms with Crippen LogP contribution in [-0.4, -0.2) is 30.1 Å². The van der Waals surface area contributed by atoms with Crippen LogP contribution in [-0.2, 0) is 16.0 Å². The first-order chi connectivity index (χ1) is 13.3. The van der Waals surface area contributed by atoms with E-state index in [1.807, 2.05) is 6.92 Å². The van der Waals surface area contributed by atoms with Crippen molar-refractivity contribution in [3.05, 3.63) is 58.1 Å². The maximum Gasteiger partial charge on any atom is 0.335 e. The highest BCUT2D eigenvalue weighted by atomic mass is 35.5. The number of ether oxygens (including phenoxy) is 1. The highest BCUT2D eigenvalue weighted by molar-refractivity contribution is 6.39. The van der Waals surface area contributed by atoms with E-state index in [0.717, 1.165) is 16.9 Å². The zero-order valence-corrected chi connectivity index (χ0v) is 15.9. The molecule has 1 fully saturated rings. The molecule has 144 valence electrons. The number of nitrogens with one attached hydrogen (secondary N) is 1. The zero-order chi connectivity index (χ0) is 20.4. The zero-order valence-electron chi connectivity index (χ0n) is 15.2. The molecule has 2 aromatic rings. The second-order valence-electron chi connectivity index (χ2n) is 6.02. The van der Waals surface area contributed by atoms with Crippen molar-refractivity contribution < 1.29 is 24.2 Å².